The van der Waals surface area contributed by atoms with Gasteiger partial charge < -0.3 is 24.4 Å². The lowest BCUT2D eigenvalue weighted by atomic mass is 10.1. The van der Waals surface area contributed by atoms with E-state index in [1.807, 2.05) is 0 Å². The van der Waals surface area contributed by atoms with Crippen molar-refractivity contribution in [1.29, 1.82) is 0 Å². The van der Waals surface area contributed by atoms with Crippen LogP contribution in [-0.4, -0.2) is 73.4 Å². The predicted octanol–water partition coefficient (Wildman–Crippen LogP) is 2.93. The van der Waals surface area contributed by atoms with E-state index < -0.39 is 70.6 Å². The molecule has 0 saturated carbocycles. The molecule has 1 aromatic heterocycles. The Balaban J connectivity index is 2.29. The number of carbonyl (C=O) groups excluding carboxylic acids is 2. The molecule has 2 heterocycles. The molecule has 1 aliphatic rings. The molecular formula is C20H28FN3O9S. The summed E-state index contributed by atoms with van der Waals surface area (Å²) in [5.41, 5.74) is -2.96. The quantitative estimate of drug-likeness (QED) is 0.580. The summed E-state index contributed by atoms with van der Waals surface area (Å²) in [5, 5.41) is 16.9. The van der Waals surface area contributed by atoms with Gasteiger partial charge in [-0.25, -0.2) is 23.6 Å². The summed E-state index contributed by atoms with van der Waals surface area (Å²) in [6.07, 6.45) is -6.42. The second-order valence-electron chi connectivity index (χ2n) is 9.31. The SMILES string of the molecule is CC(C)(C)OC(=O)O[C@H]1[C@H](F)[C@H](n2ccc(N(C(=O)O)C(=O)OC(C)(C)C)nc2=O)S[C@@H]1CO. The van der Waals surface area contributed by atoms with Crippen LogP contribution in [0.1, 0.15) is 46.9 Å². The summed E-state index contributed by atoms with van der Waals surface area (Å²) in [7, 11) is 0. The molecule has 0 aliphatic carbocycles. The molecule has 2 N–H and O–H groups in total. The highest BCUT2D eigenvalue weighted by molar-refractivity contribution is 8.00. The average Bonchev–Trinajstić information content (AvgIpc) is 2.94. The molecule has 4 atom stereocenters. The number of aliphatic hydroxyl groups is 1. The number of alkyl halides is 1. The summed E-state index contributed by atoms with van der Waals surface area (Å²) < 4.78 is 31.2. The second-order valence-corrected chi connectivity index (χ2v) is 10.7. The number of nitrogens with zero attached hydrogens (tertiary/aromatic N) is 3. The van der Waals surface area contributed by atoms with Gasteiger partial charge in [0.15, 0.2) is 18.1 Å². The fraction of sp³-hybridized carbons (Fsp3) is 0.650. The van der Waals surface area contributed by atoms with Crippen molar-refractivity contribution in [1.82, 2.24) is 9.55 Å². The number of aliphatic hydroxyl groups excluding tert-OH is 1. The largest absolute Gasteiger partial charge is 0.509 e. The van der Waals surface area contributed by atoms with Gasteiger partial charge in [0.25, 0.3) is 0 Å². The van der Waals surface area contributed by atoms with Gasteiger partial charge in [-0.3, -0.25) is 4.57 Å². The van der Waals surface area contributed by atoms with Crippen LogP contribution in [0.25, 0.3) is 0 Å². The lowest BCUT2D eigenvalue weighted by Gasteiger charge is -2.24. The molecule has 190 valence electrons. The summed E-state index contributed by atoms with van der Waals surface area (Å²) in [5.74, 6) is -0.540. The van der Waals surface area contributed by atoms with E-state index in [4.69, 9.17) is 14.2 Å². The van der Waals surface area contributed by atoms with E-state index >= 15 is 4.39 Å². The number of rotatable bonds is 4. The third-order valence-corrected chi connectivity index (χ3v) is 5.69. The van der Waals surface area contributed by atoms with Crippen molar-refractivity contribution in [2.24, 2.45) is 0 Å². The molecule has 0 radical (unpaired) electrons. The van der Waals surface area contributed by atoms with Gasteiger partial charge in [0.1, 0.15) is 16.6 Å². The second kappa shape index (κ2) is 10.2. The Morgan fingerprint density at radius 2 is 1.76 bits per heavy atom. The van der Waals surface area contributed by atoms with Crippen molar-refractivity contribution in [3.05, 3.63) is 22.7 Å². The molecule has 2 rings (SSSR count). The highest BCUT2D eigenvalue weighted by Crippen LogP contribution is 2.44. The van der Waals surface area contributed by atoms with Crippen LogP contribution in [0, 0.1) is 0 Å². The van der Waals surface area contributed by atoms with E-state index in [1.54, 1.807) is 20.8 Å². The van der Waals surface area contributed by atoms with Crippen molar-refractivity contribution in [3.8, 4) is 0 Å². The first kappa shape index (κ1) is 27.4. The number of ether oxygens (including phenoxy) is 3. The number of carbonyl (C=O) groups is 3. The highest BCUT2D eigenvalue weighted by atomic mass is 32.2. The first-order chi connectivity index (χ1) is 15.5. The van der Waals surface area contributed by atoms with Crippen LogP contribution in [-0.2, 0) is 14.2 Å². The van der Waals surface area contributed by atoms with Gasteiger partial charge in [-0.05, 0) is 47.6 Å². The molecule has 1 saturated heterocycles. The monoisotopic (exact) mass is 505 g/mol. The van der Waals surface area contributed by atoms with Crippen LogP contribution in [0.5, 0.6) is 0 Å². The molecule has 2 amide bonds. The maximum Gasteiger partial charge on any atom is 0.509 e. The van der Waals surface area contributed by atoms with Crippen LogP contribution < -0.4 is 10.6 Å². The number of amides is 2. The van der Waals surface area contributed by atoms with E-state index in [2.05, 4.69) is 4.98 Å². The molecule has 0 spiro atoms. The Bertz CT molecular complexity index is 989. The van der Waals surface area contributed by atoms with E-state index in [9.17, 15) is 29.4 Å². The van der Waals surface area contributed by atoms with E-state index in [1.165, 1.54) is 20.8 Å². The lowest BCUT2D eigenvalue weighted by Crippen LogP contribution is -2.42. The zero-order chi connectivity index (χ0) is 26.0. The van der Waals surface area contributed by atoms with Gasteiger partial charge in [-0.1, -0.05) is 0 Å². The maximum atomic E-state index is 15.2. The van der Waals surface area contributed by atoms with Crippen LogP contribution >= 0.6 is 11.8 Å². The molecule has 14 heteroatoms. The van der Waals surface area contributed by atoms with E-state index in [0.29, 0.717) is 0 Å². The Labute approximate surface area is 199 Å². The van der Waals surface area contributed by atoms with Crippen LogP contribution in [0.3, 0.4) is 0 Å². The molecule has 1 aliphatic heterocycles. The van der Waals surface area contributed by atoms with Gasteiger partial charge in [0, 0.05) is 6.20 Å². The first-order valence-corrected chi connectivity index (χ1v) is 11.1. The Morgan fingerprint density at radius 3 is 2.24 bits per heavy atom. The number of hydrogen-bond acceptors (Lipinski definition) is 10. The maximum absolute atomic E-state index is 15.2. The van der Waals surface area contributed by atoms with E-state index in [0.717, 1.165) is 28.6 Å². The number of thioether (sulfide) groups is 1. The zero-order valence-corrected chi connectivity index (χ0v) is 20.4. The molecule has 0 aromatic carbocycles. The normalized spacial score (nSPS) is 22.7. The minimum atomic E-state index is -1.93. The highest BCUT2D eigenvalue weighted by Gasteiger charge is 2.49. The van der Waals surface area contributed by atoms with Gasteiger partial charge in [0.2, 0.25) is 0 Å². The third-order valence-electron chi connectivity index (χ3n) is 4.15. The van der Waals surface area contributed by atoms with Crippen molar-refractivity contribution >= 4 is 35.9 Å². The van der Waals surface area contributed by atoms with Crippen LogP contribution in [0.2, 0.25) is 0 Å². The van der Waals surface area contributed by atoms with Crippen LogP contribution in [0.15, 0.2) is 17.1 Å². The van der Waals surface area contributed by atoms with Gasteiger partial charge in [-0.2, -0.15) is 9.88 Å². The molecule has 34 heavy (non-hydrogen) atoms. The third kappa shape index (κ3) is 6.82. The number of anilines is 1. The summed E-state index contributed by atoms with van der Waals surface area (Å²) in [6.45, 7) is 8.83. The number of hydrogen-bond donors (Lipinski definition) is 2. The Kier molecular flexibility index (Phi) is 8.19. The summed E-state index contributed by atoms with van der Waals surface area (Å²) >= 11 is 0.832. The number of carboxylic acid groups (broad SMARTS) is 1. The van der Waals surface area contributed by atoms with Crippen molar-refractivity contribution in [2.45, 2.75) is 75.6 Å². The average molecular weight is 506 g/mol. The fourth-order valence-electron chi connectivity index (χ4n) is 2.89. The Hall–Kier alpha value is -2.87. The molecule has 0 unspecified atom stereocenters. The van der Waals surface area contributed by atoms with Crippen molar-refractivity contribution < 1.29 is 43.2 Å². The van der Waals surface area contributed by atoms with Gasteiger partial charge in [-0.15, -0.1) is 11.8 Å². The molecule has 12 nitrogen and oxygen atoms in total. The minimum Gasteiger partial charge on any atom is -0.464 e. The standard InChI is InChI=1S/C20H28FN3O9S/c1-19(2,3)32-17(29)24(16(27)28)11-7-8-23(15(26)22-11)14-12(21)13(10(9-25)34-14)31-18(30)33-20(4,5)6/h7-8,10,12-14,25H,9H2,1-6H3,(H,27,28)/t10-,12+,13-,14-/m1/s1. The molecule has 1 aromatic rings. The molecule has 0 bridgehead atoms. The van der Waals surface area contributed by atoms with Crippen molar-refractivity contribution in [2.75, 3.05) is 11.5 Å². The lowest BCUT2D eigenvalue weighted by molar-refractivity contribution is -0.0460. The van der Waals surface area contributed by atoms with Gasteiger partial charge >= 0.3 is 24.0 Å². The van der Waals surface area contributed by atoms with Crippen LogP contribution in [0.4, 0.5) is 24.6 Å². The number of halogens is 1. The fourth-order valence-corrected chi connectivity index (χ4v) is 4.29. The molecular weight excluding hydrogens is 477 g/mol. The van der Waals surface area contributed by atoms with E-state index in [-0.39, 0.29) is 4.90 Å². The first-order valence-electron chi connectivity index (χ1n) is 10.2. The molecule has 1 fully saturated rings. The van der Waals surface area contributed by atoms with Crippen molar-refractivity contribution in [3.63, 3.8) is 0 Å². The minimum absolute atomic E-state index is 0.149. The van der Waals surface area contributed by atoms with Gasteiger partial charge in [0.05, 0.1) is 11.9 Å². The predicted molar refractivity (Wildman–Crippen MR) is 119 cm³/mol. The summed E-state index contributed by atoms with van der Waals surface area (Å²) in [4.78, 5) is 52.2. The summed E-state index contributed by atoms with van der Waals surface area (Å²) in [6, 6.07) is 1.03. The number of aromatic nitrogens is 2. The smallest absolute Gasteiger partial charge is 0.464 e. The Morgan fingerprint density at radius 1 is 1.18 bits per heavy atom. The number of imide groups is 1. The zero-order valence-electron chi connectivity index (χ0n) is 19.6. The topological polar surface area (TPSA) is 157 Å².